The highest BCUT2D eigenvalue weighted by molar-refractivity contribution is 9.10. The zero-order valence-corrected chi connectivity index (χ0v) is 13.8. The molecule has 114 valence electrons. The Hall–Kier alpha value is -0.920. The second kappa shape index (κ2) is 5.37. The summed E-state index contributed by atoms with van der Waals surface area (Å²) in [6, 6.07) is 4.70. The predicted octanol–water partition coefficient (Wildman–Crippen LogP) is 2.01. The standard InChI is InChI=1S/C14H17BrN2O3S/c15-11-6-5-10(7-12(11)21(16,19)20)14(18)17-13(8-1-2-8)9-3-4-9/h5-9,13H,1-4H2,(H,17,18)(H2,16,19,20). The van der Waals surface area contributed by atoms with E-state index < -0.39 is 10.0 Å². The van der Waals surface area contributed by atoms with Crippen molar-refractivity contribution in [2.75, 3.05) is 0 Å². The molecule has 0 atom stereocenters. The Bertz CT molecular complexity index is 669. The van der Waals surface area contributed by atoms with Gasteiger partial charge in [0.2, 0.25) is 10.0 Å². The van der Waals surface area contributed by atoms with Crippen LogP contribution >= 0.6 is 15.9 Å². The van der Waals surface area contributed by atoms with Crippen LogP contribution in [0.15, 0.2) is 27.6 Å². The molecule has 0 bridgehead atoms. The molecule has 2 fully saturated rings. The highest BCUT2D eigenvalue weighted by Crippen LogP contribution is 2.44. The summed E-state index contributed by atoms with van der Waals surface area (Å²) in [5.41, 5.74) is 0.327. The van der Waals surface area contributed by atoms with Crippen molar-refractivity contribution >= 4 is 31.9 Å². The molecule has 0 radical (unpaired) electrons. The van der Waals surface area contributed by atoms with Crippen molar-refractivity contribution in [3.05, 3.63) is 28.2 Å². The molecule has 0 unspecified atom stereocenters. The van der Waals surface area contributed by atoms with Crippen LogP contribution in [0.2, 0.25) is 0 Å². The number of hydrogen-bond acceptors (Lipinski definition) is 3. The maximum atomic E-state index is 12.3. The summed E-state index contributed by atoms with van der Waals surface area (Å²) in [5.74, 6) is 0.959. The van der Waals surface area contributed by atoms with Crippen molar-refractivity contribution < 1.29 is 13.2 Å². The molecule has 7 heteroatoms. The zero-order valence-electron chi connectivity index (χ0n) is 11.4. The topological polar surface area (TPSA) is 89.3 Å². The van der Waals surface area contributed by atoms with Crippen LogP contribution in [0, 0.1) is 11.8 Å². The highest BCUT2D eigenvalue weighted by Gasteiger charge is 2.42. The lowest BCUT2D eigenvalue weighted by atomic mass is 10.1. The van der Waals surface area contributed by atoms with E-state index in [1.165, 1.54) is 37.8 Å². The summed E-state index contributed by atoms with van der Waals surface area (Å²) in [7, 11) is -3.85. The van der Waals surface area contributed by atoms with Crippen LogP contribution in [0.1, 0.15) is 36.0 Å². The van der Waals surface area contributed by atoms with Gasteiger partial charge in [-0.1, -0.05) is 0 Å². The van der Waals surface area contributed by atoms with Crippen LogP contribution in [0.4, 0.5) is 0 Å². The minimum absolute atomic E-state index is 0.0652. The van der Waals surface area contributed by atoms with Crippen molar-refractivity contribution in [2.45, 2.75) is 36.6 Å². The Morgan fingerprint density at radius 2 is 1.81 bits per heavy atom. The summed E-state index contributed by atoms with van der Waals surface area (Å²) in [6.45, 7) is 0. The Morgan fingerprint density at radius 3 is 2.29 bits per heavy atom. The van der Waals surface area contributed by atoms with Crippen LogP contribution < -0.4 is 10.5 Å². The number of hydrogen-bond donors (Lipinski definition) is 2. The largest absolute Gasteiger partial charge is 0.349 e. The molecule has 2 aliphatic carbocycles. The van der Waals surface area contributed by atoms with Crippen molar-refractivity contribution in [2.24, 2.45) is 17.0 Å². The summed E-state index contributed by atoms with van der Waals surface area (Å²) in [5, 5.41) is 8.22. The minimum Gasteiger partial charge on any atom is -0.349 e. The van der Waals surface area contributed by atoms with Crippen LogP contribution in [0.5, 0.6) is 0 Å². The molecule has 2 aliphatic rings. The van der Waals surface area contributed by atoms with E-state index in [0.717, 1.165) is 0 Å². The van der Waals surface area contributed by atoms with Crippen molar-refractivity contribution in [3.63, 3.8) is 0 Å². The molecule has 3 rings (SSSR count). The van der Waals surface area contributed by atoms with Gasteiger partial charge in [-0.25, -0.2) is 13.6 Å². The molecule has 0 spiro atoms. The number of carbonyl (C=O) groups excluding carboxylic acids is 1. The number of rotatable bonds is 5. The second-order valence-electron chi connectivity index (χ2n) is 5.86. The molecule has 1 aromatic carbocycles. The Balaban J connectivity index is 1.81. The van der Waals surface area contributed by atoms with Crippen LogP contribution in [-0.2, 0) is 10.0 Å². The number of halogens is 1. The third-order valence-corrected chi connectivity index (χ3v) is 5.96. The van der Waals surface area contributed by atoms with Gasteiger partial charge in [0.25, 0.3) is 5.91 Å². The molecule has 21 heavy (non-hydrogen) atoms. The normalized spacial score (nSPS) is 18.8. The molecule has 0 saturated heterocycles. The lowest BCUT2D eigenvalue weighted by Gasteiger charge is -2.18. The van der Waals surface area contributed by atoms with Crippen molar-refractivity contribution in [1.29, 1.82) is 0 Å². The van der Waals surface area contributed by atoms with E-state index in [1.807, 2.05) is 0 Å². The van der Waals surface area contributed by atoms with Crippen LogP contribution in [0.3, 0.4) is 0 Å². The van der Waals surface area contributed by atoms with Gasteiger partial charge in [-0.15, -0.1) is 0 Å². The first-order valence-electron chi connectivity index (χ1n) is 6.99. The average Bonchev–Trinajstić information content (AvgIpc) is 3.27. The highest BCUT2D eigenvalue weighted by atomic mass is 79.9. The number of benzene rings is 1. The number of primary sulfonamides is 1. The first-order valence-corrected chi connectivity index (χ1v) is 9.33. The smallest absolute Gasteiger partial charge is 0.251 e. The number of amides is 1. The molecule has 0 aromatic heterocycles. The van der Waals surface area contributed by atoms with Crippen LogP contribution in [-0.4, -0.2) is 20.4 Å². The number of sulfonamides is 1. The minimum atomic E-state index is -3.85. The molecule has 1 aromatic rings. The van der Waals surface area contributed by atoms with Gasteiger partial charge in [-0.05, 0) is 71.6 Å². The van der Waals surface area contributed by atoms with E-state index in [2.05, 4.69) is 21.2 Å². The molecule has 2 saturated carbocycles. The number of carbonyl (C=O) groups is 1. The molecular weight excluding hydrogens is 356 g/mol. The van der Waals surface area contributed by atoms with Crippen molar-refractivity contribution in [3.8, 4) is 0 Å². The first-order chi connectivity index (χ1) is 9.86. The maximum Gasteiger partial charge on any atom is 0.251 e. The molecule has 0 heterocycles. The predicted molar refractivity (Wildman–Crippen MR) is 82.2 cm³/mol. The number of nitrogens with one attached hydrogen (secondary N) is 1. The first kappa shape index (κ1) is 15.0. The van der Waals surface area contributed by atoms with Gasteiger partial charge in [0.15, 0.2) is 0 Å². The van der Waals surface area contributed by atoms with Gasteiger partial charge in [0, 0.05) is 16.1 Å². The van der Waals surface area contributed by atoms with Crippen molar-refractivity contribution in [1.82, 2.24) is 5.32 Å². The maximum absolute atomic E-state index is 12.3. The van der Waals surface area contributed by atoms with E-state index >= 15 is 0 Å². The molecule has 3 N–H and O–H groups in total. The van der Waals surface area contributed by atoms with E-state index in [0.29, 0.717) is 21.9 Å². The fraction of sp³-hybridized carbons (Fsp3) is 0.500. The Kier molecular flexibility index (Phi) is 3.83. The third-order valence-electron chi connectivity index (χ3n) is 4.06. The van der Waals surface area contributed by atoms with E-state index in [-0.39, 0.29) is 16.8 Å². The summed E-state index contributed by atoms with van der Waals surface area (Å²) < 4.78 is 23.4. The summed E-state index contributed by atoms with van der Waals surface area (Å²) in [6.07, 6.45) is 4.68. The Labute approximate surface area is 132 Å². The monoisotopic (exact) mass is 372 g/mol. The van der Waals surface area contributed by atoms with Gasteiger partial charge in [0.05, 0.1) is 4.90 Å². The Morgan fingerprint density at radius 1 is 1.24 bits per heavy atom. The van der Waals surface area contributed by atoms with Gasteiger partial charge in [0.1, 0.15) is 0 Å². The van der Waals surface area contributed by atoms with Gasteiger partial charge in [-0.3, -0.25) is 4.79 Å². The lowest BCUT2D eigenvalue weighted by Crippen LogP contribution is -2.38. The van der Waals surface area contributed by atoms with Crippen LogP contribution in [0.25, 0.3) is 0 Å². The molecule has 5 nitrogen and oxygen atoms in total. The fourth-order valence-electron chi connectivity index (χ4n) is 2.63. The SMILES string of the molecule is NS(=O)(=O)c1cc(C(=O)NC(C2CC2)C2CC2)ccc1Br. The number of nitrogens with two attached hydrogens (primary N) is 1. The quantitative estimate of drug-likeness (QED) is 0.828. The van der Waals surface area contributed by atoms with Gasteiger partial charge < -0.3 is 5.32 Å². The van der Waals surface area contributed by atoms with E-state index in [9.17, 15) is 13.2 Å². The van der Waals surface area contributed by atoms with E-state index in [1.54, 1.807) is 6.07 Å². The molecule has 1 amide bonds. The zero-order chi connectivity index (χ0) is 15.2. The lowest BCUT2D eigenvalue weighted by molar-refractivity contribution is 0.0926. The third kappa shape index (κ3) is 3.46. The molecular formula is C14H17BrN2O3S. The second-order valence-corrected chi connectivity index (χ2v) is 8.25. The van der Waals surface area contributed by atoms with Gasteiger partial charge >= 0.3 is 0 Å². The summed E-state index contributed by atoms with van der Waals surface area (Å²) >= 11 is 3.14. The fourth-order valence-corrected chi connectivity index (χ4v) is 4.18. The molecule has 0 aliphatic heterocycles. The van der Waals surface area contributed by atoms with Gasteiger partial charge in [-0.2, -0.15) is 0 Å². The van der Waals surface area contributed by atoms with E-state index in [4.69, 9.17) is 5.14 Å². The summed E-state index contributed by atoms with van der Waals surface area (Å²) in [4.78, 5) is 12.3. The average molecular weight is 373 g/mol.